The van der Waals surface area contributed by atoms with Crippen LogP contribution in [0.5, 0.6) is 11.5 Å². The fourth-order valence-electron chi connectivity index (χ4n) is 2.70. The van der Waals surface area contributed by atoms with Gasteiger partial charge in [-0.1, -0.05) is 23.5 Å². The Morgan fingerprint density at radius 3 is 2.65 bits per heavy atom. The zero-order chi connectivity index (χ0) is 17.9. The van der Waals surface area contributed by atoms with Crippen LogP contribution in [0.2, 0.25) is 0 Å². The molecule has 3 aromatic rings. The van der Waals surface area contributed by atoms with E-state index in [2.05, 4.69) is 16.4 Å². The Morgan fingerprint density at radius 1 is 1.19 bits per heavy atom. The number of hydrogen-bond acceptors (Lipinski definition) is 6. The third kappa shape index (κ3) is 3.46. The van der Waals surface area contributed by atoms with E-state index in [4.69, 9.17) is 14.7 Å². The van der Waals surface area contributed by atoms with Gasteiger partial charge in [-0.2, -0.15) is 5.26 Å². The number of aryl methyl sites for hydroxylation is 1. The van der Waals surface area contributed by atoms with Crippen molar-refractivity contribution < 1.29 is 14.3 Å². The summed E-state index contributed by atoms with van der Waals surface area (Å²) in [6.45, 7) is 1.07. The molecule has 4 rings (SSSR count). The highest BCUT2D eigenvalue weighted by atomic mass is 32.1. The van der Waals surface area contributed by atoms with E-state index in [0.717, 1.165) is 15.8 Å². The fourth-order valence-corrected chi connectivity index (χ4v) is 3.60. The van der Waals surface area contributed by atoms with Gasteiger partial charge in [0.1, 0.15) is 13.2 Å². The number of carbonyl (C=O) groups is 1. The largest absolute Gasteiger partial charge is 0.486 e. The maximum Gasteiger partial charge on any atom is 0.226 e. The van der Waals surface area contributed by atoms with Crippen LogP contribution < -0.4 is 14.8 Å². The molecule has 0 atom stereocenters. The van der Waals surface area contributed by atoms with Crippen molar-refractivity contribution in [2.45, 2.75) is 12.8 Å². The number of benzene rings is 2. The van der Waals surface area contributed by atoms with Gasteiger partial charge in [0.2, 0.25) is 5.91 Å². The fraction of sp³-hybridized carbons (Fsp3) is 0.211. The molecular formula is C19H15N3O3S. The van der Waals surface area contributed by atoms with Gasteiger partial charge < -0.3 is 14.8 Å². The second kappa shape index (κ2) is 7.02. The molecule has 0 aliphatic carbocycles. The Bertz CT molecular complexity index is 962. The smallest absolute Gasteiger partial charge is 0.226 e. The van der Waals surface area contributed by atoms with Crippen LogP contribution in [0.15, 0.2) is 36.4 Å². The molecule has 0 spiro atoms. The van der Waals surface area contributed by atoms with E-state index < -0.39 is 0 Å². The zero-order valence-corrected chi connectivity index (χ0v) is 14.6. The standard InChI is InChI=1S/C19H15N3O3S/c20-11-13-3-1-12(2-4-13)5-6-18(23)22-19-21-14-9-15-16(10-17(14)26-19)25-8-7-24-15/h1-4,9-10H,5-8H2,(H,21,22,23). The highest BCUT2D eigenvalue weighted by Crippen LogP contribution is 2.37. The lowest BCUT2D eigenvalue weighted by Gasteiger charge is -2.17. The van der Waals surface area contributed by atoms with Crippen LogP contribution in [-0.4, -0.2) is 24.1 Å². The van der Waals surface area contributed by atoms with Crippen molar-refractivity contribution in [3.05, 3.63) is 47.5 Å². The van der Waals surface area contributed by atoms with Crippen LogP contribution in [0.3, 0.4) is 0 Å². The van der Waals surface area contributed by atoms with Crippen LogP contribution in [0.4, 0.5) is 5.13 Å². The number of thiazole rings is 1. The SMILES string of the molecule is N#Cc1ccc(CCC(=O)Nc2nc3cc4c(cc3s2)OCCO4)cc1. The number of ether oxygens (including phenoxy) is 2. The van der Waals surface area contributed by atoms with Crippen molar-refractivity contribution in [1.82, 2.24) is 4.98 Å². The minimum Gasteiger partial charge on any atom is -0.486 e. The van der Waals surface area contributed by atoms with E-state index in [1.807, 2.05) is 24.3 Å². The Morgan fingerprint density at radius 2 is 1.92 bits per heavy atom. The van der Waals surface area contributed by atoms with E-state index in [0.29, 0.717) is 48.2 Å². The molecule has 26 heavy (non-hydrogen) atoms. The summed E-state index contributed by atoms with van der Waals surface area (Å²) < 4.78 is 12.1. The number of rotatable bonds is 4. The lowest BCUT2D eigenvalue weighted by Crippen LogP contribution is -2.15. The number of nitrogens with one attached hydrogen (secondary N) is 1. The number of carbonyl (C=O) groups excluding carboxylic acids is 1. The third-order valence-electron chi connectivity index (χ3n) is 4.02. The molecule has 7 heteroatoms. The van der Waals surface area contributed by atoms with Gasteiger partial charge in [-0.05, 0) is 24.1 Å². The molecule has 0 bridgehead atoms. The van der Waals surface area contributed by atoms with Gasteiger partial charge in [0, 0.05) is 18.6 Å². The molecule has 130 valence electrons. The molecule has 2 aromatic carbocycles. The van der Waals surface area contributed by atoms with Gasteiger partial charge in [-0.15, -0.1) is 0 Å². The molecular weight excluding hydrogens is 350 g/mol. The molecule has 1 aromatic heterocycles. The summed E-state index contributed by atoms with van der Waals surface area (Å²) in [6.07, 6.45) is 0.961. The maximum atomic E-state index is 12.2. The second-order valence-corrected chi connectivity index (χ2v) is 6.87. The van der Waals surface area contributed by atoms with Gasteiger partial charge in [0.25, 0.3) is 0 Å². The van der Waals surface area contributed by atoms with Crippen molar-refractivity contribution in [3.8, 4) is 17.6 Å². The normalized spacial score (nSPS) is 12.6. The lowest BCUT2D eigenvalue weighted by atomic mass is 10.1. The van der Waals surface area contributed by atoms with E-state index in [1.54, 1.807) is 12.1 Å². The van der Waals surface area contributed by atoms with Gasteiger partial charge in [0.15, 0.2) is 16.6 Å². The van der Waals surface area contributed by atoms with Crippen LogP contribution in [0.1, 0.15) is 17.5 Å². The molecule has 1 N–H and O–H groups in total. The predicted molar refractivity (Wildman–Crippen MR) is 98.7 cm³/mol. The average Bonchev–Trinajstić information content (AvgIpc) is 3.05. The quantitative estimate of drug-likeness (QED) is 0.765. The Labute approximate surface area is 154 Å². The molecule has 2 heterocycles. The molecule has 0 saturated heterocycles. The Kier molecular flexibility index (Phi) is 4.42. The topological polar surface area (TPSA) is 84.2 Å². The first-order chi connectivity index (χ1) is 12.7. The number of amides is 1. The van der Waals surface area contributed by atoms with Crippen molar-refractivity contribution in [2.75, 3.05) is 18.5 Å². The minimum atomic E-state index is -0.0920. The molecule has 0 radical (unpaired) electrons. The first-order valence-corrected chi connectivity index (χ1v) is 9.02. The molecule has 0 fully saturated rings. The molecule has 0 unspecified atom stereocenters. The third-order valence-corrected chi connectivity index (χ3v) is 4.96. The highest BCUT2D eigenvalue weighted by molar-refractivity contribution is 7.22. The van der Waals surface area contributed by atoms with Gasteiger partial charge in [-0.25, -0.2) is 4.98 Å². The number of nitrogens with zero attached hydrogens (tertiary/aromatic N) is 2. The summed E-state index contributed by atoms with van der Waals surface area (Å²) in [4.78, 5) is 16.6. The lowest BCUT2D eigenvalue weighted by molar-refractivity contribution is -0.116. The summed E-state index contributed by atoms with van der Waals surface area (Å²) in [5.74, 6) is 1.31. The average molecular weight is 365 g/mol. The summed E-state index contributed by atoms with van der Waals surface area (Å²) in [5.41, 5.74) is 2.41. The highest BCUT2D eigenvalue weighted by Gasteiger charge is 2.16. The van der Waals surface area contributed by atoms with E-state index in [9.17, 15) is 4.79 Å². The van der Waals surface area contributed by atoms with E-state index in [-0.39, 0.29) is 5.91 Å². The second-order valence-electron chi connectivity index (χ2n) is 5.84. The monoisotopic (exact) mass is 365 g/mol. The van der Waals surface area contributed by atoms with Gasteiger partial charge >= 0.3 is 0 Å². The summed E-state index contributed by atoms with van der Waals surface area (Å²) >= 11 is 1.41. The predicted octanol–water partition coefficient (Wildman–Crippen LogP) is 3.51. The zero-order valence-electron chi connectivity index (χ0n) is 13.8. The van der Waals surface area contributed by atoms with Crippen molar-refractivity contribution >= 4 is 32.6 Å². The number of fused-ring (bicyclic) bond motifs is 2. The summed E-state index contributed by atoms with van der Waals surface area (Å²) in [7, 11) is 0. The Hall–Kier alpha value is -3.11. The first kappa shape index (κ1) is 16.4. The molecule has 1 aliphatic heterocycles. The minimum absolute atomic E-state index is 0.0920. The van der Waals surface area contributed by atoms with Gasteiger partial charge in [-0.3, -0.25) is 4.79 Å². The number of anilines is 1. The van der Waals surface area contributed by atoms with Crippen LogP contribution in [0.25, 0.3) is 10.2 Å². The first-order valence-electron chi connectivity index (χ1n) is 8.20. The van der Waals surface area contributed by atoms with Crippen molar-refractivity contribution in [2.24, 2.45) is 0 Å². The molecule has 1 aliphatic rings. The summed E-state index contributed by atoms with van der Waals surface area (Å²) in [5, 5.41) is 12.2. The molecule has 0 saturated carbocycles. The van der Waals surface area contributed by atoms with Crippen molar-refractivity contribution in [3.63, 3.8) is 0 Å². The van der Waals surface area contributed by atoms with E-state index >= 15 is 0 Å². The maximum absolute atomic E-state index is 12.2. The number of hydrogen-bond donors (Lipinski definition) is 1. The van der Waals surface area contributed by atoms with Crippen LogP contribution in [-0.2, 0) is 11.2 Å². The number of aromatic nitrogens is 1. The van der Waals surface area contributed by atoms with Crippen molar-refractivity contribution in [1.29, 1.82) is 5.26 Å². The van der Waals surface area contributed by atoms with Crippen LogP contribution >= 0.6 is 11.3 Å². The van der Waals surface area contributed by atoms with E-state index in [1.165, 1.54) is 11.3 Å². The Balaban J connectivity index is 1.41. The number of nitriles is 1. The van der Waals surface area contributed by atoms with Crippen LogP contribution in [0, 0.1) is 11.3 Å². The summed E-state index contributed by atoms with van der Waals surface area (Å²) in [6, 6.07) is 13.1. The molecule has 6 nitrogen and oxygen atoms in total. The molecule has 1 amide bonds. The van der Waals surface area contributed by atoms with Gasteiger partial charge in [0.05, 0.1) is 21.8 Å².